The van der Waals surface area contributed by atoms with Crippen molar-refractivity contribution < 1.29 is 18.1 Å². The van der Waals surface area contributed by atoms with Crippen LogP contribution >= 0.6 is 0 Å². The van der Waals surface area contributed by atoms with E-state index in [0.29, 0.717) is 5.69 Å². The lowest BCUT2D eigenvalue weighted by molar-refractivity contribution is 0.475. The summed E-state index contributed by atoms with van der Waals surface area (Å²) < 4.78 is 30.5. The number of hydrogen-bond donors (Lipinski definition) is 3. The van der Waals surface area contributed by atoms with E-state index in [4.69, 9.17) is 4.55 Å². The van der Waals surface area contributed by atoms with Crippen LogP contribution in [0, 0.1) is 0 Å². The first-order chi connectivity index (χ1) is 8.47. The SMILES string of the molecule is O=S(=O)(O)c1ccc(Nc2ncccc2O)cc1. The molecule has 0 spiro atoms. The highest BCUT2D eigenvalue weighted by atomic mass is 32.2. The molecule has 0 aliphatic carbocycles. The van der Waals surface area contributed by atoms with E-state index >= 15 is 0 Å². The molecule has 0 fully saturated rings. The summed E-state index contributed by atoms with van der Waals surface area (Å²) in [5.41, 5.74) is 0.538. The summed E-state index contributed by atoms with van der Waals surface area (Å²) in [5.74, 6) is 0.244. The number of nitrogens with one attached hydrogen (secondary N) is 1. The van der Waals surface area contributed by atoms with Crippen molar-refractivity contribution in [1.29, 1.82) is 0 Å². The molecule has 0 aliphatic rings. The summed E-state index contributed by atoms with van der Waals surface area (Å²) in [4.78, 5) is 3.72. The number of benzene rings is 1. The molecule has 0 radical (unpaired) electrons. The second-order valence-electron chi connectivity index (χ2n) is 3.50. The molecule has 0 amide bonds. The van der Waals surface area contributed by atoms with E-state index in [-0.39, 0.29) is 16.5 Å². The molecule has 0 bridgehead atoms. The average Bonchev–Trinajstić information content (AvgIpc) is 2.32. The monoisotopic (exact) mass is 266 g/mol. The van der Waals surface area contributed by atoms with Gasteiger partial charge < -0.3 is 10.4 Å². The lowest BCUT2D eigenvalue weighted by Gasteiger charge is -2.07. The van der Waals surface area contributed by atoms with Gasteiger partial charge in [0.25, 0.3) is 10.1 Å². The molecule has 0 saturated heterocycles. The minimum atomic E-state index is -4.19. The number of pyridine rings is 1. The molecule has 3 N–H and O–H groups in total. The predicted octanol–water partition coefficient (Wildman–Crippen LogP) is 1.78. The van der Waals surface area contributed by atoms with Crippen LogP contribution in [0.3, 0.4) is 0 Å². The first-order valence-electron chi connectivity index (χ1n) is 4.95. The molecule has 18 heavy (non-hydrogen) atoms. The minimum Gasteiger partial charge on any atom is -0.504 e. The molecule has 94 valence electrons. The fourth-order valence-electron chi connectivity index (χ4n) is 1.34. The lowest BCUT2D eigenvalue weighted by atomic mass is 10.3. The number of nitrogens with zero attached hydrogens (tertiary/aromatic N) is 1. The van der Waals surface area contributed by atoms with Crippen molar-refractivity contribution in [2.45, 2.75) is 4.90 Å². The largest absolute Gasteiger partial charge is 0.504 e. The van der Waals surface area contributed by atoms with Crippen molar-refractivity contribution in [3.63, 3.8) is 0 Å². The minimum absolute atomic E-state index is 0.0173. The van der Waals surface area contributed by atoms with Gasteiger partial charge in [-0.3, -0.25) is 4.55 Å². The van der Waals surface area contributed by atoms with Gasteiger partial charge >= 0.3 is 0 Å². The molecule has 1 heterocycles. The average molecular weight is 266 g/mol. The van der Waals surface area contributed by atoms with E-state index in [1.807, 2.05) is 0 Å². The van der Waals surface area contributed by atoms with Crippen molar-refractivity contribution >= 4 is 21.6 Å². The van der Waals surface area contributed by atoms with Gasteiger partial charge in [0.1, 0.15) is 0 Å². The highest BCUT2D eigenvalue weighted by Crippen LogP contribution is 2.23. The summed E-state index contributed by atoms with van der Waals surface area (Å²) >= 11 is 0. The number of aromatic hydroxyl groups is 1. The molecular formula is C11H10N2O4S. The third kappa shape index (κ3) is 2.76. The van der Waals surface area contributed by atoms with Crippen LogP contribution in [0.1, 0.15) is 0 Å². The molecule has 7 heteroatoms. The van der Waals surface area contributed by atoms with Gasteiger partial charge in [-0.1, -0.05) is 0 Å². The predicted molar refractivity (Wildman–Crippen MR) is 65.4 cm³/mol. The fraction of sp³-hybridized carbons (Fsp3) is 0. The molecule has 2 rings (SSSR count). The van der Waals surface area contributed by atoms with Crippen molar-refractivity contribution in [1.82, 2.24) is 4.98 Å². The van der Waals surface area contributed by atoms with E-state index in [1.165, 1.54) is 36.5 Å². The zero-order valence-corrected chi connectivity index (χ0v) is 9.92. The van der Waals surface area contributed by atoms with E-state index < -0.39 is 10.1 Å². The highest BCUT2D eigenvalue weighted by Gasteiger charge is 2.09. The van der Waals surface area contributed by atoms with Crippen LogP contribution in [-0.4, -0.2) is 23.1 Å². The summed E-state index contributed by atoms with van der Waals surface area (Å²) in [7, 11) is -4.19. The van der Waals surface area contributed by atoms with Crippen molar-refractivity contribution in [2.75, 3.05) is 5.32 Å². The van der Waals surface area contributed by atoms with Gasteiger partial charge in [-0.15, -0.1) is 0 Å². The van der Waals surface area contributed by atoms with Crippen LogP contribution in [0.4, 0.5) is 11.5 Å². The Kier molecular flexibility index (Phi) is 3.17. The summed E-state index contributed by atoms with van der Waals surface area (Å²) in [5, 5.41) is 12.3. The van der Waals surface area contributed by atoms with E-state index in [9.17, 15) is 13.5 Å². The fourth-order valence-corrected chi connectivity index (χ4v) is 1.82. The Morgan fingerprint density at radius 3 is 2.33 bits per heavy atom. The van der Waals surface area contributed by atoms with E-state index in [0.717, 1.165) is 0 Å². The first-order valence-corrected chi connectivity index (χ1v) is 6.39. The van der Waals surface area contributed by atoms with Gasteiger partial charge in [-0.05, 0) is 36.4 Å². The maximum Gasteiger partial charge on any atom is 0.294 e. The highest BCUT2D eigenvalue weighted by molar-refractivity contribution is 7.85. The first kappa shape index (κ1) is 12.3. The molecule has 1 aromatic heterocycles. The summed E-state index contributed by atoms with van der Waals surface area (Å²) in [6.07, 6.45) is 1.51. The number of rotatable bonds is 3. The quantitative estimate of drug-likeness (QED) is 0.732. The lowest BCUT2D eigenvalue weighted by Crippen LogP contribution is -1.98. The van der Waals surface area contributed by atoms with Crippen molar-refractivity contribution in [3.8, 4) is 5.75 Å². The maximum absolute atomic E-state index is 10.8. The van der Waals surface area contributed by atoms with Gasteiger partial charge in [-0.2, -0.15) is 8.42 Å². The second-order valence-corrected chi connectivity index (χ2v) is 4.92. The Hall–Kier alpha value is -2.12. The smallest absolute Gasteiger partial charge is 0.294 e. The van der Waals surface area contributed by atoms with Gasteiger partial charge in [0.2, 0.25) is 0 Å². The van der Waals surface area contributed by atoms with Crippen LogP contribution in [0.2, 0.25) is 0 Å². The Morgan fingerprint density at radius 1 is 1.11 bits per heavy atom. The topological polar surface area (TPSA) is 99.5 Å². The standard InChI is InChI=1S/C11H10N2O4S/c14-10-2-1-7-12-11(10)13-8-3-5-9(6-4-8)18(15,16)17/h1-7,14H,(H,12,13)(H,15,16,17). The Labute approximate surface area is 104 Å². The van der Waals surface area contributed by atoms with E-state index in [1.54, 1.807) is 6.07 Å². The van der Waals surface area contributed by atoms with Crippen LogP contribution in [0.15, 0.2) is 47.5 Å². The number of anilines is 2. The third-order valence-electron chi connectivity index (χ3n) is 2.20. The molecule has 0 aliphatic heterocycles. The second kappa shape index (κ2) is 4.63. The zero-order valence-electron chi connectivity index (χ0n) is 9.11. The Balaban J connectivity index is 2.24. The number of aromatic nitrogens is 1. The normalized spacial score (nSPS) is 11.2. The molecule has 0 unspecified atom stereocenters. The van der Waals surface area contributed by atoms with Crippen LogP contribution < -0.4 is 5.32 Å². The van der Waals surface area contributed by atoms with Gasteiger partial charge in [0.15, 0.2) is 11.6 Å². The third-order valence-corrected chi connectivity index (χ3v) is 3.07. The molecular weight excluding hydrogens is 256 g/mol. The van der Waals surface area contributed by atoms with E-state index in [2.05, 4.69) is 10.3 Å². The molecule has 0 saturated carbocycles. The van der Waals surface area contributed by atoms with Crippen molar-refractivity contribution in [2.24, 2.45) is 0 Å². The molecule has 2 aromatic rings. The molecule has 1 aromatic carbocycles. The van der Waals surface area contributed by atoms with Gasteiger partial charge in [0.05, 0.1) is 4.90 Å². The summed E-state index contributed by atoms with van der Waals surface area (Å²) in [6, 6.07) is 8.47. The van der Waals surface area contributed by atoms with Crippen molar-refractivity contribution in [3.05, 3.63) is 42.6 Å². The van der Waals surface area contributed by atoms with Crippen LogP contribution in [0.25, 0.3) is 0 Å². The Bertz CT molecular complexity index is 653. The maximum atomic E-state index is 10.8. The Morgan fingerprint density at radius 2 is 1.78 bits per heavy atom. The zero-order chi connectivity index (χ0) is 13.2. The van der Waals surface area contributed by atoms with Crippen LogP contribution in [-0.2, 0) is 10.1 Å². The van der Waals surface area contributed by atoms with Gasteiger partial charge in [0, 0.05) is 11.9 Å². The van der Waals surface area contributed by atoms with Gasteiger partial charge in [-0.25, -0.2) is 4.98 Å². The van der Waals surface area contributed by atoms with Crippen LogP contribution in [0.5, 0.6) is 5.75 Å². The number of hydrogen-bond acceptors (Lipinski definition) is 5. The molecule has 0 atom stereocenters. The molecule has 6 nitrogen and oxygen atoms in total. The summed E-state index contributed by atoms with van der Waals surface area (Å²) in [6.45, 7) is 0.